The van der Waals surface area contributed by atoms with Crippen molar-refractivity contribution >= 4 is 5.91 Å². The molecular formula is C24H33N3O2. The van der Waals surface area contributed by atoms with Crippen LogP contribution in [-0.4, -0.2) is 55.5 Å². The highest BCUT2D eigenvalue weighted by Gasteiger charge is 2.20. The monoisotopic (exact) mass is 395 g/mol. The van der Waals surface area contributed by atoms with Gasteiger partial charge in [-0.2, -0.15) is 0 Å². The van der Waals surface area contributed by atoms with Crippen molar-refractivity contribution in [3.05, 3.63) is 65.2 Å². The Kier molecular flexibility index (Phi) is 7.67. The van der Waals surface area contributed by atoms with E-state index < -0.39 is 0 Å². The maximum absolute atomic E-state index is 12.5. The number of methoxy groups -OCH3 is 1. The minimum atomic E-state index is 0.0322. The molecule has 1 atom stereocenters. The Morgan fingerprint density at radius 2 is 1.55 bits per heavy atom. The van der Waals surface area contributed by atoms with Gasteiger partial charge in [0.1, 0.15) is 5.75 Å². The first kappa shape index (κ1) is 21.3. The largest absolute Gasteiger partial charge is 0.497 e. The molecule has 0 bridgehead atoms. The van der Waals surface area contributed by atoms with Gasteiger partial charge in [-0.05, 0) is 42.2 Å². The van der Waals surface area contributed by atoms with Crippen molar-refractivity contribution in [3.8, 4) is 5.75 Å². The second-order valence-electron chi connectivity index (χ2n) is 7.78. The van der Waals surface area contributed by atoms with Gasteiger partial charge in [0.25, 0.3) is 0 Å². The number of hydrogen-bond donors (Lipinski definition) is 1. The van der Waals surface area contributed by atoms with Gasteiger partial charge in [0.2, 0.25) is 5.91 Å². The zero-order chi connectivity index (χ0) is 20.6. The number of aryl methyl sites for hydroxylation is 1. The second-order valence-corrected chi connectivity index (χ2v) is 7.78. The van der Waals surface area contributed by atoms with Crippen molar-refractivity contribution in [2.45, 2.75) is 32.9 Å². The molecule has 0 spiro atoms. The first-order chi connectivity index (χ1) is 14.1. The highest BCUT2D eigenvalue weighted by atomic mass is 16.5. The van der Waals surface area contributed by atoms with Gasteiger partial charge in [-0.25, -0.2) is 0 Å². The number of carbonyl (C=O) groups excluding carboxylic acids is 1. The van der Waals surface area contributed by atoms with E-state index in [0.29, 0.717) is 6.54 Å². The van der Waals surface area contributed by atoms with Crippen LogP contribution in [0.15, 0.2) is 48.5 Å². The SMILES string of the molecule is CCc1ccc([C@H](C)NC(=O)CN2CCN(Cc3ccc(OC)cc3)CC2)cc1. The van der Waals surface area contributed by atoms with Crippen molar-refractivity contribution in [3.63, 3.8) is 0 Å². The molecule has 29 heavy (non-hydrogen) atoms. The Hall–Kier alpha value is -2.37. The van der Waals surface area contributed by atoms with Crippen LogP contribution in [0.2, 0.25) is 0 Å². The van der Waals surface area contributed by atoms with Gasteiger partial charge in [-0.15, -0.1) is 0 Å². The molecule has 0 radical (unpaired) electrons. The lowest BCUT2D eigenvalue weighted by Crippen LogP contribution is -2.49. The van der Waals surface area contributed by atoms with Crippen LogP contribution < -0.4 is 10.1 Å². The van der Waals surface area contributed by atoms with Crippen molar-refractivity contribution in [2.24, 2.45) is 0 Å². The molecule has 5 nitrogen and oxygen atoms in total. The predicted molar refractivity (Wildman–Crippen MR) is 117 cm³/mol. The van der Waals surface area contributed by atoms with E-state index in [1.54, 1.807) is 7.11 Å². The second kappa shape index (κ2) is 10.4. The maximum atomic E-state index is 12.5. The lowest BCUT2D eigenvalue weighted by molar-refractivity contribution is -0.123. The molecule has 0 aliphatic carbocycles. The smallest absolute Gasteiger partial charge is 0.234 e. The summed E-state index contributed by atoms with van der Waals surface area (Å²) in [6.45, 7) is 9.40. The number of ether oxygens (including phenoxy) is 1. The number of nitrogens with zero attached hydrogens (tertiary/aromatic N) is 2. The Balaban J connectivity index is 1.40. The molecule has 0 aromatic heterocycles. The number of carbonyl (C=O) groups is 1. The molecule has 1 aliphatic heterocycles. The molecule has 0 unspecified atom stereocenters. The Labute approximate surface area is 174 Å². The van der Waals surface area contributed by atoms with Crippen LogP contribution in [0.3, 0.4) is 0 Å². The Morgan fingerprint density at radius 3 is 2.14 bits per heavy atom. The highest BCUT2D eigenvalue weighted by molar-refractivity contribution is 5.78. The van der Waals surface area contributed by atoms with Gasteiger partial charge in [0.15, 0.2) is 0 Å². The maximum Gasteiger partial charge on any atom is 0.234 e. The zero-order valence-electron chi connectivity index (χ0n) is 17.9. The van der Waals surface area contributed by atoms with Crippen molar-refractivity contribution in [1.82, 2.24) is 15.1 Å². The van der Waals surface area contributed by atoms with E-state index in [9.17, 15) is 4.79 Å². The van der Waals surface area contributed by atoms with E-state index in [4.69, 9.17) is 4.74 Å². The summed E-state index contributed by atoms with van der Waals surface area (Å²) in [6, 6.07) is 16.8. The molecule has 1 N–H and O–H groups in total. The van der Waals surface area contributed by atoms with E-state index >= 15 is 0 Å². The van der Waals surface area contributed by atoms with Crippen LogP contribution in [0.5, 0.6) is 5.75 Å². The molecular weight excluding hydrogens is 362 g/mol. The van der Waals surface area contributed by atoms with Crippen LogP contribution in [0.4, 0.5) is 0 Å². The molecule has 5 heteroatoms. The van der Waals surface area contributed by atoms with Gasteiger partial charge < -0.3 is 10.1 Å². The number of nitrogens with one attached hydrogen (secondary N) is 1. The first-order valence-corrected chi connectivity index (χ1v) is 10.5. The number of piperazine rings is 1. The molecule has 1 amide bonds. The standard InChI is InChI=1S/C24H33N3O2/c1-4-20-5-9-22(10-6-20)19(2)25-24(28)18-27-15-13-26(14-16-27)17-21-7-11-23(29-3)12-8-21/h5-12,19H,4,13-18H2,1-3H3,(H,25,28)/t19-/m0/s1. The van der Waals surface area contributed by atoms with Crippen LogP contribution in [-0.2, 0) is 17.8 Å². The minimum absolute atomic E-state index is 0.0322. The molecule has 1 saturated heterocycles. The van der Waals surface area contributed by atoms with Gasteiger partial charge in [0, 0.05) is 32.7 Å². The van der Waals surface area contributed by atoms with E-state index in [0.717, 1.165) is 50.5 Å². The Morgan fingerprint density at radius 1 is 0.966 bits per heavy atom. The molecule has 0 saturated carbocycles. The summed E-state index contributed by atoms with van der Waals surface area (Å²) in [4.78, 5) is 17.2. The van der Waals surface area contributed by atoms with Crippen LogP contribution in [0, 0.1) is 0 Å². The van der Waals surface area contributed by atoms with Crippen LogP contribution in [0.25, 0.3) is 0 Å². The zero-order valence-corrected chi connectivity index (χ0v) is 17.9. The van der Waals surface area contributed by atoms with Crippen LogP contribution in [0.1, 0.15) is 36.6 Å². The number of hydrogen-bond acceptors (Lipinski definition) is 4. The van der Waals surface area contributed by atoms with Gasteiger partial charge in [0.05, 0.1) is 19.7 Å². The number of rotatable bonds is 8. The number of benzene rings is 2. The van der Waals surface area contributed by atoms with E-state index in [1.165, 1.54) is 11.1 Å². The fraction of sp³-hybridized carbons (Fsp3) is 0.458. The van der Waals surface area contributed by atoms with E-state index in [2.05, 4.69) is 58.4 Å². The van der Waals surface area contributed by atoms with Gasteiger partial charge >= 0.3 is 0 Å². The average molecular weight is 396 g/mol. The molecule has 2 aromatic carbocycles. The minimum Gasteiger partial charge on any atom is -0.497 e. The summed E-state index contributed by atoms with van der Waals surface area (Å²) in [5.41, 5.74) is 3.76. The normalized spacial score (nSPS) is 16.4. The predicted octanol–water partition coefficient (Wildman–Crippen LogP) is 3.25. The van der Waals surface area contributed by atoms with Crippen LogP contribution >= 0.6 is 0 Å². The van der Waals surface area contributed by atoms with E-state index in [1.807, 2.05) is 19.1 Å². The van der Waals surface area contributed by atoms with Crippen molar-refractivity contribution in [1.29, 1.82) is 0 Å². The topological polar surface area (TPSA) is 44.8 Å². The highest BCUT2D eigenvalue weighted by Crippen LogP contribution is 2.15. The summed E-state index contributed by atoms with van der Waals surface area (Å²) in [6.07, 6.45) is 1.03. The van der Waals surface area contributed by atoms with Crippen molar-refractivity contribution in [2.75, 3.05) is 39.8 Å². The average Bonchev–Trinajstić information content (AvgIpc) is 2.75. The summed E-state index contributed by atoms with van der Waals surface area (Å²) >= 11 is 0. The molecule has 2 aromatic rings. The molecule has 1 heterocycles. The number of amides is 1. The summed E-state index contributed by atoms with van der Waals surface area (Å²) < 4.78 is 5.22. The van der Waals surface area contributed by atoms with Gasteiger partial charge in [-0.1, -0.05) is 43.3 Å². The summed E-state index contributed by atoms with van der Waals surface area (Å²) in [5.74, 6) is 0.987. The Bertz CT molecular complexity index is 766. The third kappa shape index (κ3) is 6.31. The molecule has 156 valence electrons. The van der Waals surface area contributed by atoms with Crippen molar-refractivity contribution < 1.29 is 9.53 Å². The first-order valence-electron chi connectivity index (χ1n) is 10.5. The third-order valence-electron chi connectivity index (χ3n) is 5.66. The summed E-state index contributed by atoms with van der Waals surface area (Å²) in [7, 11) is 1.69. The van der Waals surface area contributed by atoms with E-state index in [-0.39, 0.29) is 11.9 Å². The lowest BCUT2D eigenvalue weighted by atomic mass is 10.1. The molecule has 1 aliphatic rings. The fourth-order valence-corrected chi connectivity index (χ4v) is 3.71. The lowest BCUT2D eigenvalue weighted by Gasteiger charge is -2.34. The third-order valence-corrected chi connectivity index (χ3v) is 5.66. The molecule has 3 rings (SSSR count). The fourth-order valence-electron chi connectivity index (χ4n) is 3.71. The summed E-state index contributed by atoms with van der Waals surface area (Å²) in [5, 5.41) is 3.14. The molecule has 1 fully saturated rings. The van der Waals surface area contributed by atoms with Gasteiger partial charge in [-0.3, -0.25) is 14.6 Å². The quantitative estimate of drug-likeness (QED) is 0.745.